The van der Waals surface area contributed by atoms with Crippen molar-refractivity contribution in [1.82, 2.24) is 5.32 Å². The molecule has 1 aliphatic heterocycles. The topological polar surface area (TPSA) is 38.3 Å². The molecule has 0 saturated carbocycles. The van der Waals surface area contributed by atoms with Crippen LogP contribution in [0.1, 0.15) is 39.5 Å². The Morgan fingerprint density at radius 1 is 1.50 bits per heavy atom. The molecule has 3 nitrogen and oxygen atoms in total. The van der Waals surface area contributed by atoms with Crippen LogP contribution in [-0.2, 0) is 9.53 Å². The smallest absolute Gasteiger partial charge is 0.249 e. The van der Waals surface area contributed by atoms with Gasteiger partial charge in [0.1, 0.15) is 6.10 Å². The molecular formula is C12H22ClNO2. The largest absolute Gasteiger partial charge is 0.368 e. The van der Waals surface area contributed by atoms with Gasteiger partial charge in [0.15, 0.2) is 0 Å². The van der Waals surface area contributed by atoms with Crippen LogP contribution in [-0.4, -0.2) is 31.0 Å². The maximum atomic E-state index is 11.8. The minimum atomic E-state index is -0.236. The highest BCUT2D eigenvalue weighted by Crippen LogP contribution is 2.20. The zero-order valence-electron chi connectivity index (χ0n) is 10.2. The van der Waals surface area contributed by atoms with Gasteiger partial charge in [0.2, 0.25) is 5.91 Å². The highest BCUT2D eigenvalue weighted by Gasteiger charge is 2.24. The monoisotopic (exact) mass is 247 g/mol. The first-order valence-corrected chi connectivity index (χ1v) is 6.54. The Bertz CT molecular complexity index is 225. The molecule has 0 aromatic carbocycles. The van der Waals surface area contributed by atoms with Crippen LogP contribution >= 0.6 is 11.6 Å². The molecule has 16 heavy (non-hydrogen) atoms. The van der Waals surface area contributed by atoms with E-state index in [1.807, 2.05) is 0 Å². The fraction of sp³-hybridized carbons (Fsp3) is 0.917. The summed E-state index contributed by atoms with van der Waals surface area (Å²) >= 11 is 5.71. The van der Waals surface area contributed by atoms with Crippen LogP contribution in [0.3, 0.4) is 0 Å². The number of carbonyl (C=O) groups excluding carboxylic acids is 1. The number of alkyl halides is 1. The van der Waals surface area contributed by atoms with Crippen molar-refractivity contribution in [3.05, 3.63) is 0 Å². The average Bonchev–Trinajstić information content (AvgIpc) is 2.27. The number of halogens is 1. The van der Waals surface area contributed by atoms with Gasteiger partial charge in [0.05, 0.1) is 0 Å². The number of hydrogen-bond donors (Lipinski definition) is 1. The number of ether oxygens (including phenoxy) is 1. The van der Waals surface area contributed by atoms with Crippen molar-refractivity contribution in [2.24, 2.45) is 5.41 Å². The van der Waals surface area contributed by atoms with Crippen molar-refractivity contribution in [2.75, 3.05) is 19.0 Å². The Kier molecular flexibility index (Phi) is 5.56. The number of rotatable bonds is 5. The highest BCUT2D eigenvalue weighted by atomic mass is 35.5. The lowest BCUT2D eigenvalue weighted by Crippen LogP contribution is -2.42. The molecule has 0 bridgehead atoms. The fourth-order valence-corrected chi connectivity index (χ4v) is 2.24. The van der Waals surface area contributed by atoms with Crippen molar-refractivity contribution in [3.63, 3.8) is 0 Å². The van der Waals surface area contributed by atoms with Crippen LogP contribution in [0.5, 0.6) is 0 Å². The molecule has 1 rings (SSSR count). The Hall–Kier alpha value is -0.280. The standard InChI is InChI=1S/C12H22ClNO2/c1-12(2,6-7-13)9-14-11(15)10-5-3-4-8-16-10/h10H,3-9H2,1-2H3,(H,14,15). The Morgan fingerprint density at radius 3 is 2.81 bits per heavy atom. The lowest BCUT2D eigenvalue weighted by Gasteiger charge is -2.27. The molecule has 1 aliphatic rings. The van der Waals surface area contributed by atoms with Crippen LogP contribution in [0.15, 0.2) is 0 Å². The van der Waals surface area contributed by atoms with Gasteiger partial charge in [-0.1, -0.05) is 13.8 Å². The van der Waals surface area contributed by atoms with Crippen molar-refractivity contribution in [3.8, 4) is 0 Å². The summed E-state index contributed by atoms with van der Waals surface area (Å²) in [6.07, 6.45) is 3.67. The normalized spacial score (nSPS) is 21.8. The number of amides is 1. The van der Waals surface area contributed by atoms with Gasteiger partial charge in [-0.2, -0.15) is 0 Å². The van der Waals surface area contributed by atoms with Gasteiger partial charge in [0, 0.05) is 19.0 Å². The third-order valence-electron chi connectivity index (χ3n) is 2.98. The zero-order chi connectivity index (χ0) is 12.0. The Morgan fingerprint density at radius 2 is 2.25 bits per heavy atom. The van der Waals surface area contributed by atoms with Gasteiger partial charge >= 0.3 is 0 Å². The summed E-state index contributed by atoms with van der Waals surface area (Å²) in [7, 11) is 0. The molecule has 4 heteroatoms. The van der Waals surface area contributed by atoms with Crippen molar-refractivity contribution in [1.29, 1.82) is 0 Å². The molecule has 0 aliphatic carbocycles. The summed E-state index contributed by atoms with van der Waals surface area (Å²) in [5, 5.41) is 2.95. The third kappa shape index (κ3) is 4.71. The van der Waals surface area contributed by atoms with E-state index >= 15 is 0 Å². The van der Waals surface area contributed by atoms with Gasteiger partial charge in [-0.15, -0.1) is 11.6 Å². The average molecular weight is 248 g/mol. The summed E-state index contributed by atoms with van der Waals surface area (Å²) in [6.45, 7) is 5.59. The zero-order valence-corrected chi connectivity index (χ0v) is 11.0. The maximum absolute atomic E-state index is 11.8. The molecule has 1 unspecified atom stereocenters. The second-order valence-electron chi connectivity index (χ2n) is 5.18. The van der Waals surface area contributed by atoms with Crippen LogP contribution in [0.2, 0.25) is 0 Å². The first-order chi connectivity index (χ1) is 7.55. The fourth-order valence-electron chi connectivity index (χ4n) is 1.73. The summed E-state index contributed by atoms with van der Waals surface area (Å²) in [4.78, 5) is 11.8. The molecule has 1 N–H and O–H groups in total. The van der Waals surface area contributed by atoms with Gasteiger partial charge < -0.3 is 10.1 Å². The molecule has 1 heterocycles. The van der Waals surface area contributed by atoms with E-state index in [0.29, 0.717) is 19.0 Å². The van der Waals surface area contributed by atoms with E-state index in [1.54, 1.807) is 0 Å². The molecular weight excluding hydrogens is 226 g/mol. The molecule has 0 radical (unpaired) electrons. The van der Waals surface area contributed by atoms with Gasteiger partial charge in [-0.3, -0.25) is 4.79 Å². The molecule has 0 spiro atoms. The minimum absolute atomic E-state index is 0.0300. The van der Waals surface area contributed by atoms with Gasteiger partial charge in [0.25, 0.3) is 0 Å². The first kappa shape index (κ1) is 13.8. The number of carbonyl (C=O) groups is 1. The number of hydrogen-bond acceptors (Lipinski definition) is 2. The molecule has 94 valence electrons. The maximum Gasteiger partial charge on any atom is 0.249 e. The van der Waals surface area contributed by atoms with Crippen LogP contribution < -0.4 is 5.32 Å². The summed E-state index contributed by atoms with van der Waals surface area (Å²) in [5.74, 6) is 0.658. The SMILES string of the molecule is CC(C)(CCCl)CNC(=O)C1CCCCO1. The lowest BCUT2D eigenvalue weighted by atomic mass is 9.90. The summed E-state index contributed by atoms with van der Waals surface area (Å²) in [6, 6.07) is 0. The van der Waals surface area contributed by atoms with E-state index in [2.05, 4.69) is 19.2 Å². The van der Waals surface area contributed by atoms with E-state index in [1.165, 1.54) is 0 Å². The Balaban J connectivity index is 2.28. The first-order valence-electron chi connectivity index (χ1n) is 6.00. The number of nitrogens with one attached hydrogen (secondary N) is 1. The minimum Gasteiger partial charge on any atom is -0.368 e. The van der Waals surface area contributed by atoms with E-state index in [0.717, 1.165) is 25.7 Å². The van der Waals surface area contributed by atoms with Crippen LogP contribution in [0.4, 0.5) is 0 Å². The molecule has 1 amide bonds. The van der Waals surface area contributed by atoms with Crippen molar-refractivity contribution >= 4 is 17.5 Å². The molecule has 0 aromatic rings. The second kappa shape index (κ2) is 6.45. The van der Waals surface area contributed by atoms with E-state index in [-0.39, 0.29) is 17.4 Å². The van der Waals surface area contributed by atoms with Crippen LogP contribution in [0.25, 0.3) is 0 Å². The van der Waals surface area contributed by atoms with Crippen molar-refractivity contribution < 1.29 is 9.53 Å². The molecule has 0 aromatic heterocycles. The van der Waals surface area contributed by atoms with E-state index < -0.39 is 0 Å². The van der Waals surface area contributed by atoms with E-state index in [9.17, 15) is 4.79 Å². The van der Waals surface area contributed by atoms with E-state index in [4.69, 9.17) is 16.3 Å². The highest BCUT2D eigenvalue weighted by molar-refractivity contribution is 6.17. The summed E-state index contributed by atoms with van der Waals surface area (Å²) < 4.78 is 5.43. The molecule has 1 atom stereocenters. The van der Waals surface area contributed by atoms with Crippen LogP contribution in [0, 0.1) is 5.41 Å². The molecule has 1 saturated heterocycles. The Labute approximate surface area is 103 Å². The summed E-state index contributed by atoms with van der Waals surface area (Å²) in [5.41, 5.74) is 0.0616. The second-order valence-corrected chi connectivity index (χ2v) is 5.55. The van der Waals surface area contributed by atoms with Gasteiger partial charge in [-0.25, -0.2) is 0 Å². The van der Waals surface area contributed by atoms with Gasteiger partial charge in [-0.05, 0) is 31.1 Å². The van der Waals surface area contributed by atoms with Crippen molar-refractivity contribution in [2.45, 2.75) is 45.6 Å². The third-order valence-corrected chi connectivity index (χ3v) is 3.17. The quantitative estimate of drug-likeness (QED) is 0.758. The lowest BCUT2D eigenvalue weighted by molar-refractivity contribution is -0.135. The molecule has 1 fully saturated rings. The predicted octanol–water partition coefficient (Wildman–Crippen LogP) is 2.33. The predicted molar refractivity (Wildman–Crippen MR) is 65.7 cm³/mol.